The minimum atomic E-state index is -0.525. The number of carbonyl (C=O) groups is 1. The van der Waals surface area contributed by atoms with Crippen LogP contribution in [0.5, 0.6) is 5.75 Å². The Bertz CT molecular complexity index is 1010. The molecule has 0 aliphatic carbocycles. The highest BCUT2D eigenvalue weighted by Crippen LogP contribution is 2.34. The second-order valence-corrected chi connectivity index (χ2v) is 6.49. The van der Waals surface area contributed by atoms with Gasteiger partial charge >= 0.3 is 0 Å². The number of nitro benzene ring substituents is 1. The van der Waals surface area contributed by atoms with Crippen LogP contribution in [0.4, 0.5) is 5.69 Å². The molecule has 144 valence electrons. The second-order valence-electron chi connectivity index (χ2n) is 6.05. The zero-order valence-corrected chi connectivity index (χ0v) is 15.9. The first-order valence-electron chi connectivity index (χ1n) is 8.38. The third-order valence-corrected chi connectivity index (χ3v) is 4.47. The molecule has 3 aromatic rings. The van der Waals surface area contributed by atoms with E-state index in [0.29, 0.717) is 10.8 Å². The third kappa shape index (κ3) is 4.15. The number of halogens is 1. The van der Waals surface area contributed by atoms with Crippen molar-refractivity contribution in [3.8, 4) is 17.1 Å². The quantitative estimate of drug-likeness (QED) is 0.463. The summed E-state index contributed by atoms with van der Waals surface area (Å²) in [5, 5.41) is 14.8. The van der Waals surface area contributed by atoms with Crippen molar-refractivity contribution in [2.45, 2.75) is 13.0 Å². The molecule has 1 N–H and O–H groups in total. The number of carbonyl (C=O) groups excluding carboxylic acids is 1. The predicted octanol–water partition coefficient (Wildman–Crippen LogP) is 5.01. The van der Waals surface area contributed by atoms with Crippen LogP contribution in [0.15, 0.2) is 59.0 Å². The summed E-state index contributed by atoms with van der Waals surface area (Å²) in [5.74, 6) is 0.209. The number of furan rings is 1. The van der Waals surface area contributed by atoms with Gasteiger partial charge in [-0.25, -0.2) is 0 Å². The molecule has 7 nitrogen and oxygen atoms in total. The number of nitro groups is 1. The molecular weight excluding hydrogens is 384 g/mol. The van der Waals surface area contributed by atoms with Crippen LogP contribution in [0.25, 0.3) is 11.3 Å². The van der Waals surface area contributed by atoms with Gasteiger partial charge in [0.2, 0.25) is 0 Å². The van der Waals surface area contributed by atoms with Crippen molar-refractivity contribution in [1.29, 1.82) is 0 Å². The smallest absolute Gasteiger partial charge is 0.287 e. The maximum Gasteiger partial charge on any atom is 0.287 e. The summed E-state index contributed by atoms with van der Waals surface area (Å²) in [6.07, 6.45) is 0. The molecule has 8 heteroatoms. The average Bonchev–Trinajstić information content (AvgIpc) is 3.18. The van der Waals surface area contributed by atoms with Crippen LogP contribution in [-0.4, -0.2) is 17.9 Å². The molecule has 1 unspecified atom stereocenters. The molecule has 0 spiro atoms. The summed E-state index contributed by atoms with van der Waals surface area (Å²) < 4.78 is 10.6. The van der Waals surface area contributed by atoms with Crippen molar-refractivity contribution in [2.24, 2.45) is 0 Å². The maximum atomic E-state index is 12.5. The fourth-order valence-corrected chi connectivity index (χ4v) is 2.83. The number of hydrogen-bond donors (Lipinski definition) is 1. The first kappa shape index (κ1) is 19.4. The number of methoxy groups -OCH3 is 1. The molecule has 1 atom stereocenters. The van der Waals surface area contributed by atoms with Gasteiger partial charge < -0.3 is 14.5 Å². The number of ether oxygens (including phenoxy) is 1. The normalized spacial score (nSPS) is 11.7. The first-order valence-corrected chi connectivity index (χ1v) is 8.76. The molecule has 0 fully saturated rings. The molecular formula is C20H17ClN2O5. The van der Waals surface area contributed by atoms with E-state index >= 15 is 0 Å². The predicted molar refractivity (Wildman–Crippen MR) is 105 cm³/mol. The van der Waals surface area contributed by atoms with E-state index in [1.807, 2.05) is 19.1 Å². The van der Waals surface area contributed by atoms with Gasteiger partial charge in [0, 0.05) is 5.02 Å². The fraction of sp³-hybridized carbons (Fsp3) is 0.150. The van der Waals surface area contributed by atoms with E-state index < -0.39 is 10.8 Å². The minimum Gasteiger partial charge on any atom is -0.497 e. The van der Waals surface area contributed by atoms with E-state index in [4.69, 9.17) is 20.8 Å². The number of rotatable bonds is 6. The van der Waals surface area contributed by atoms with Crippen LogP contribution < -0.4 is 10.1 Å². The summed E-state index contributed by atoms with van der Waals surface area (Å²) >= 11 is 5.87. The van der Waals surface area contributed by atoms with Gasteiger partial charge in [-0.3, -0.25) is 14.9 Å². The van der Waals surface area contributed by atoms with Gasteiger partial charge in [0.25, 0.3) is 11.6 Å². The number of hydrogen-bond acceptors (Lipinski definition) is 5. The lowest BCUT2D eigenvalue weighted by Crippen LogP contribution is -2.26. The van der Waals surface area contributed by atoms with Crippen molar-refractivity contribution in [3.05, 3.63) is 81.1 Å². The Morgan fingerprint density at radius 2 is 1.89 bits per heavy atom. The summed E-state index contributed by atoms with van der Waals surface area (Å²) in [6, 6.07) is 14.3. The van der Waals surface area contributed by atoms with Crippen LogP contribution in [0.2, 0.25) is 5.02 Å². The highest BCUT2D eigenvalue weighted by Gasteiger charge is 2.21. The van der Waals surface area contributed by atoms with Crippen LogP contribution >= 0.6 is 11.6 Å². The first-order chi connectivity index (χ1) is 13.4. The molecule has 0 radical (unpaired) electrons. The summed E-state index contributed by atoms with van der Waals surface area (Å²) in [4.78, 5) is 23.3. The standard InChI is InChI=1S/C20H17ClN2O5/c1-12(13-3-5-14(21)6-4-13)22-20(24)19-10-9-18(28-19)16-8-7-15(27-2)11-17(16)23(25)26/h3-12H,1-2H3,(H,22,24). The molecule has 0 aliphatic heterocycles. The van der Waals surface area contributed by atoms with Gasteiger partial charge in [-0.1, -0.05) is 23.7 Å². The molecule has 1 amide bonds. The minimum absolute atomic E-state index is 0.0564. The van der Waals surface area contributed by atoms with E-state index in [-0.39, 0.29) is 28.8 Å². The Labute approximate surface area is 166 Å². The third-order valence-electron chi connectivity index (χ3n) is 4.21. The Morgan fingerprint density at radius 3 is 2.54 bits per heavy atom. The van der Waals surface area contributed by atoms with Gasteiger partial charge in [0.1, 0.15) is 11.5 Å². The molecule has 1 heterocycles. The van der Waals surface area contributed by atoms with E-state index in [2.05, 4.69) is 5.32 Å². The largest absolute Gasteiger partial charge is 0.497 e. The highest BCUT2D eigenvalue weighted by atomic mass is 35.5. The van der Waals surface area contributed by atoms with Gasteiger partial charge in [-0.2, -0.15) is 0 Å². The average molecular weight is 401 g/mol. The van der Waals surface area contributed by atoms with Crippen molar-refractivity contribution < 1.29 is 18.9 Å². The Kier molecular flexibility index (Phi) is 5.65. The summed E-state index contributed by atoms with van der Waals surface area (Å²) in [5.41, 5.74) is 0.973. The van der Waals surface area contributed by atoms with Crippen molar-refractivity contribution >= 4 is 23.2 Å². The number of amides is 1. The summed E-state index contributed by atoms with van der Waals surface area (Å²) in [7, 11) is 1.43. The van der Waals surface area contributed by atoms with E-state index in [1.54, 1.807) is 18.2 Å². The zero-order chi connectivity index (χ0) is 20.3. The topological polar surface area (TPSA) is 94.6 Å². The van der Waals surface area contributed by atoms with E-state index in [9.17, 15) is 14.9 Å². The molecule has 3 rings (SSSR count). The number of nitrogens with zero attached hydrogens (tertiary/aromatic N) is 1. The lowest BCUT2D eigenvalue weighted by Gasteiger charge is -2.13. The molecule has 0 saturated heterocycles. The monoisotopic (exact) mass is 400 g/mol. The summed E-state index contributed by atoms with van der Waals surface area (Å²) in [6.45, 7) is 1.83. The molecule has 0 saturated carbocycles. The Morgan fingerprint density at radius 1 is 1.18 bits per heavy atom. The lowest BCUT2D eigenvalue weighted by molar-refractivity contribution is -0.384. The van der Waals surface area contributed by atoms with Crippen LogP contribution in [0, 0.1) is 10.1 Å². The van der Waals surface area contributed by atoms with Crippen molar-refractivity contribution in [2.75, 3.05) is 7.11 Å². The second kappa shape index (κ2) is 8.14. The zero-order valence-electron chi connectivity index (χ0n) is 15.1. The van der Waals surface area contributed by atoms with Gasteiger partial charge in [0.05, 0.1) is 29.7 Å². The van der Waals surface area contributed by atoms with E-state index in [1.165, 1.54) is 31.4 Å². The SMILES string of the molecule is COc1ccc(-c2ccc(C(=O)NC(C)c3ccc(Cl)cc3)o2)c([N+](=O)[O-])c1. The molecule has 0 aliphatic rings. The van der Waals surface area contributed by atoms with Gasteiger partial charge in [-0.15, -0.1) is 0 Å². The van der Waals surface area contributed by atoms with Crippen molar-refractivity contribution in [3.63, 3.8) is 0 Å². The van der Waals surface area contributed by atoms with Crippen molar-refractivity contribution in [1.82, 2.24) is 5.32 Å². The molecule has 28 heavy (non-hydrogen) atoms. The van der Waals surface area contributed by atoms with Crippen LogP contribution in [0.3, 0.4) is 0 Å². The molecule has 0 bridgehead atoms. The molecule has 1 aromatic heterocycles. The van der Waals surface area contributed by atoms with Gasteiger partial charge in [0.15, 0.2) is 5.76 Å². The van der Waals surface area contributed by atoms with Gasteiger partial charge in [-0.05, 0) is 48.9 Å². The highest BCUT2D eigenvalue weighted by molar-refractivity contribution is 6.30. The number of benzene rings is 2. The van der Waals surface area contributed by atoms with E-state index in [0.717, 1.165) is 5.56 Å². The number of nitrogens with one attached hydrogen (secondary N) is 1. The Hall–Kier alpha value is -3.32. The molecule has 2 aromatic carbocycles. The van der Waals surface area contributed by atoms with Crippen LogP contribution in [0.1, 0.15) is 29.1 Å². The van der Waals surface area contributed by atoms with Crippen LogP contribution in [-0.2, 0) is 0 Å². The maximum absolute atomic E-state index is 12.5. The lowest BCUT2D eigenvalue weighted by atomic mass is 10.1. The fourth-order valence-electron chi connectivity index (χ4n) is 2.71. The Balaban J connectivity index is 1.81.